The molecule has 0 saturated heterocycles. The van der Waals surface area contributed by atoms with Gasteiger partial charge in [-0.05, 0) is 55.9 Å². The minimum Gasteiger partial charge on any atom is -0.134 e. The molecule has 6 aromatic carbocycles. The quantitative estimate of drug-likeness (QED) is 0.225. The Balaban J connectivity index is 1.53. The summed E-state index contributed by atoms with van der Waals surface area (Å²) in [7, 11) is 0. The van der Waals surface area contributed by atoms with Gasteiger partial charge in [-0.15, -0.1) is 22.7 Å². The van der Waals surface area contributed by atoms with Crippen LogP contribution in [0.5, 0.6) is 0 Å². The molecule has 8 aromatic rings. The molecule has 2 heterocycles. The highest BCUT2D eigenvalue weighted by Gasteiger charge is 2.19. The molecule has 0 aliphatic carbocycles. The Bertz CT molecular complexity index is 1920. The summed E-state index contributed by atoms with van der Waals surface area (Å²) in [5.41, 5.74) is 5.17. The minimum absolute atomic E-state index is 1.27. The average molecular weight is 493 g/mol. The lowest BCUT2D eigenvalue weighted by atomic mass is 9.95. The zero-order chi connectivity index (χ0) is 23.6. The van der Waals surface area contributed by atoms with E-state index in [-0.39, 0.29) is 0 Å². The number of rotatable bonds is 2. The number of hydrogen-bond acceptors (Lipinski definition) is 2. The van der Waals surface area contributed by atoms with E-state index < -0.39 is 0 Å². The zero-order valence-corrected chi connectivity index (χ0v) is 21.0. The number of hydrogen-bond donors (Lipinski definition) is 0. The predicted molar refractivity (Wildman–Crippen MR) is 161 cm³/mol. The maximum absolute atomic E-state index is 2.41. The molecule has 0 aliphatic rings. The van der Waals surface area contributed by atoms with Crippen LogP contribution in [0.25, 0.3) is 73.4 Å². The van der Waals surface area contributed by atoms with E-state index >= 15 is 0 Å². The third kappa shape index (κ3) is 2.86. The molecule has 0 atom stereocenters. The van der Waals surface area contributed by atoms with Crippen LogP contribution in [-0.2, 0) is 0 Å². The molecule has 0 nitrogen and oxygen atoms in total. The summed E-state index contributed by atoms with van der Waals surface area (Å²) < 4.78 is 5.56. The first-order chi connectivity index (χ1) is 17.9. The van der Waals surface area contributed by atoms with Crippen molar-refractivity contribution in [3.05, 3.63) is 121 Å². The average Bonchev–Trinajstić information content (AvgIpc) is 3.48. The number of thiophene rings is 2. The van der Waals surface area contributed by atoms with Crippen LogP contribution < -0.4 is 0 Å². The van der Waals surface area contributed by atoms with Gasteiger partial charge in [0.2, 0.25) is 0 Å². The maximum Gasteiger partial charge on any atom is 0.0548 e. The van der Waals surface area contributed by atoms with Crippen molar-refractivity contribution >= 4 is 73.8 Å². The Hall–Kier alpha value is -3.98. The van der Waals surface area contributed by atoms with Crippen LogP contribution in [0.2, 0.25) is 0 Å². The van der Waals surface area contributed by atoms with E-state index in [9.17, 15) is 0 Å². The van der Waals surface area contributed by atoms with E-state index in [4.69, 9.17) is 0 Å². The molecule has 0 N–H and O–H groups in total. The highest BCUT2D eigenvalue weighted by Crippen LogP contribution is 2.51. The lowest BCUT2D eigenvalue weighted by molar-refractivity contribution is 1.67. The van der Waals surface area contributed by atoms with Crippen LogP contribution in [0.4, 0.5) is 0 Å². The van der Waals surface area contributed by atoms with Gasteiger partial charge in [0.15, 0.2) is 0 Å². The second-order valence-electron chi connectivity index (χ2n) is 9.28. The first kappa shape index (κ1) is 20.2. The fourth-order valence-electron chi connectivity index (χ4n) is 5.68. The largest absolute Gasteiger partial charge is 0.134 e. The van der Waals surface area contributed by atoms with Crippen LogP contribution in [-0.4, -0.2) is 0 Å². The number of fused-ring (bicyclic) bond motifs is 9. The van der Waals surface area contributed by atoms with E-state index in [0.29, 0.717) is 0 Å². The molecule has 0 fully saturated rings. The van der Waals surface area contributed by atoms with Crippen LogP contribution in [0.15, 0.2) is 121 Å². The van der Waals surface area contributed by atoms with Crippen molar-refractivity contribution in [1.29, 1.82) is 0 Å². The lowest BCUT2D eigenvalue weighted by Crippen LogP contribution is -1.82. The molecule has 0 spiro atoms. The number of benzene rings is 6. The first-order valence-electron chi connectivity index (χ1n) is 12.2. The van der Waals surface area contributed by atoms with Crippen LogP contribution in [0.3, 0.4) is 0 Å². The molecule has 0 saturated carbocycles. The van der Waals surface area contributed by atoms with Gasteiger partial charge < -0.3 is 0 Å². The van der Waals surface area contributed by atoms with Crippen molar-refractivity contribution < 1.29 is 0 Å². The second kappa shape index (κ2) is 7.76. The van der Waals surface area contributed by atoms with Crippen LogP contribution in [0, 0.1) is 0 Å². The van der Waals surface area contributed by atoms with Crippen molar-refractivity contribution in [3.8, 4) is 22.3 Å². The Morgan fingerprint density at radius 2 is 0.722 bits per heavy atom. The highest BCUT2D eigenvalue weighted by atomic mass is 32.1. The SMILES string of the molecule is c1ccc(-c2cc3sc4c(sc5cc(-c6ccccc6)c6ccccc6c54)c3c3ccccc23)cc1. The molecule has 8 rings (SSSR count). The summed E-state index contributed by atoms with van der Waals surface area (Å²) in [5.74, 6) is 0. The van der Waals surface area contributed by atoms with Gasteiger partial charge in [-0.3, -0.25) is 0 Å². The summed E-state index contributed by atoms with van der Waals surface area (Å²) >= 11 is 3.90. The van der Waals surface area contributed by atoms with Gasteiger partial charge in [-0.2, -0.15) is 0 Å². The molecular formula is C34H20S2. The van der Waals surface area contributed by atoms with Crippen molar-refractivity contribution in [3.63, 3.8) is 0 Å². The summed E-state index contributed by atoms with van der Waals surface area (Å²) in [6.07, 6.45) is 0. The zero-order valence-electron chi connectivity index (χ0n) is 19.4. The highest BCUT2D eigenvalue weighted by molar-refractivity contribution is 7.37. The Kier molecular flexibility index (Phi) is 4.36. The van der Waals surface area contributed by atoms with Gasteiger partial charge >= 0.3 is 0 Å². The standard InChI is InChI=1S/C34H20S2/c1-3-11-21(12-4-1)27-19-29-31(25-17-9-7-15-23(25)27)33-34(35-29)32-26-18-10-8-16-24(26)28(20-30(32)36-33)22-13-5-2-6-14-22/h1-20H. The fraction of sp³-hybridized carbons (Fsp3) is 0. The Morgan fingerprint density at radius 1 is 0.361 bits per heavy atom. The van der Waals surface area contributed by atoms with Gasteiger partial charge in [0.1, 0.15) is 0 Å². The van der Waals surface area contributed by atoms with Crippen molar-refractivity contribution in [2.45, 2.75) is 0 Å². The smallest absolute Gasteiger partial charge is 0.0548 e. The van der Waals surface area contributed by atoms with Gasteiger partial charge in [0.05, 0.1) is 9.40 Å². The summed E-state index contributed by atoms with van der Waals surface area (Å²) in [4.78, 5) is 0. The summed E-state index contributed by atoms with van der Waals surface area (Å²) in [6.45, 7) is 0. The van der Waals surface area contributed by atoms with Gasteiger partial charge in [-0.25, -0.2) is 0 Å². The van der Waals surface area contributed by atoms with Crippen LogP contribution >= 0.6 is 22.7 Å². The Labute approximate surface area is 216 Å². The molecule has 0 amide bonds. The molecule has 0 bridgehead atoms. The molecule has 0 aliphatic heterocycles. The van der Waals surface area contributed by atoms with Crippen molar-refractivity contribution in [1.82, 2.24) is 0 Å². The lowest BCUT2D eigenvalue weighted by Gasteiger charge is -2.09. The van der Waals surface area contributed by atoms with Crippen LogP contribution in [0.1, 0.15) is 0 Å². The molecule has 168 valence electrons. The molecular weight excluding hydrogens is 473 g/mol. The second-order valence-corrected chi connectivity index (χ2v) is 11.4. The van der Waals surface area contributed by atoms with E-state index in [1.807, 2.05) is 22.7 Å². The van der Waals surface area contributed by atoms with Gasteiger partial charge in [-0.1, -0.05) is 109 Å². The van der Waals surface area contributed by atoms with Crippen molar-refractivity contribution in [2.24, 2.45) is 0 Å². The van der Waals surface area contributed by atoms with E-state index in [2.05, 4.69) is 121 Å². The monoisotopic (exact) mass is 492 g/mol. The first-order valence-corrected chi connectivity index (χ1v) is 13.8. The summed E-state index contributed by atoms with van der Waals surface area (Å²) in [6, 6.07) is 44.2. The molecule has 0 radical (unpaired) electrons. The molecule has 36 heavy (non-hydrogen) atoms. The molecule has 2 aromatic heterocycles. The third-order valence-electron chi connectivity index (χ3n) is 7.27. The van der Waals surface area contributed by atoms with Gasteiger partial charge in [0.25, 0.3) is 0 Å². The van der Waals surface area contributed by atoms with E-state index in [1.165, 1.54) is 73.4 Å². The van der Waals surface area contributed by atoms with E-state index in [0.717, 1.165) is 0 Å². The van der Waals surface area contributed by atoms with E-state index in [1.54, 1.807) is 0 Å². The third-order valence-corrected chi connectivity index (χ3v) is 9.71. The normalized spacial score (nSPS) is 11.9. The topological polar surface area (TPSA) is 0 Å². The fourth-order valence-corrected chi connectivity index (χ4v) is 8.52. The van der Waals surface area contributed by atoms with Gasteiger partial charge in [0, 0.05) is 20.2 Å². The minimum atomic E-state index is 1.27. The Morgan fingerprint density at radius 3 is 1.14 bits per heavy atom. The maximum atomic E-state index is 2.41. The molecule has 0 unspecified atom stereocenters. The molecule has 2 heteroatoms. The summed E-state index contributed by atoms with van der Waals surface area (Å²) in [5, 5.41) is 8.14. The van der Waals surface area contributed by atoms with Crippen molar-refractivity contribution in [2.75, 3.05) is 0 Å². The predicted octanol–water partition coefficient (Wildman–Crippen LogP) is 10.9.